The largest absolute Gasteiger partial charge is 0.370 e. The summed E-state index contributed by atoms with van der Waals surface area (Å²) >= 11 is 0. The molecule has 25 heavy (non-hydrogen) atoms. The Morgan fingerprint density at radius 3 is 2.60 bits per heavy atom. The van der Waals surface area contributed by atoms with Crippen molar-refractivity contribution in [3.63, 3.8) is 0 Å². The number of benzene rings is 1. The van der Waals surface area contributed by atoms with Gasteiger partial charge >= 0.3 is 0 Å². The second-order valence-corrected chi connectivity index (χ2v) is 6.38. The molecular weight excluding hydrogens is 314 g/mol. The highest BCUT2D eigenvalue weighted by molar-refractivity contribution is 5.95. The van der Waals surface area contributed by atoms with Crippen LogP contribution in [0.2, 0.25) is 0 Å². The van der Waals surface area contributed by atoms with E-state index in [0.29, 0.717) is 18.8 Å². The van der Waals surface area contributed by atoms with E-state index in [1.54, 1.807) is 19.2 Å². The minimum atomic E-state index is -0.275. The first-order chi connectivity index (χ1) is 12.1. The number of fused-ring (bicyclic) bond motifs is 1. The van der Waals surface area contributed by atoms with Gasteiger partial charge in [-0.1, -0.05) is 24.3 Å². The summed E-state index contributed by atoms with van der Waals surface area (Å²) < 4.78 is 1.53. The van der Waals surface area contributed by atoms with Crippen LogP contribution in [0.1, 0.15) is 25.3 Å². The van der Waals surface area contributed by atoms with E-state index < -0.39 is 0 Å². The summed E-state index contributed by atoms with van der Waals surface area (Å²) in [4.78, 5) is 26.7. The fraction of sp³-hybridized carbons (Fsp3) is 0.350. The molecule has 0 saturated carbocycles. The van der Waals surface area contributed by atoms with E-state index in [1.165, 1.54) is 4.57 Å². The number of ketones is 1. The molecule has 0 atom stereocenters. The van der Waals surface area contributed by atoms with Gasteiger partial charge in [0, 0.05) is 31.4 Å². The molecule has 0 bridgehead atoms. The molecule has 5 nitrogen and oxygen atoms in total. The molecule has 0 radical (unpaired) electrons. The Balaban J connectivity index is 2.03. The van der Waals surface area contributed by atoms with Crippen molar-refractivity contribution in [2.75, 3.05) is 18.0 Å². The van der Waals surface area contributed by atoms with Crippen LogP contribution in [0.3, 0.4) is 0 Å². The summed E-state index contributed by atoms with van der Waals surface area (Å²) in [6.45, 7) is 3.18. The molecule has 128 valence electrons. The lowest BCUT2D eigenvalue weighted by Crippen LogP contribution is -2.38. The molecule has 1 aromatic carbocycles. The standard InChI is InChI=1S/C20H21N3O2/c1-3-6-18(24)14-9-11-23(12-10-14)19-15-7-4-5-8-17(15)22(2)20(25)16(19)13-21/h3-8,14H,9-12H2,1-2H3/b6-3+. The topological polar surface area (TPSA) is 66.1 Å². The molecule has 2 heterocycles. The van der Waals surface area contributed by atoms with Gasteiger partial charge in [-0.3, -0.25) is 9.59 Å². The van der Waals surface area contributed by atoms with E-state index in [1.807, 2.05) is 31.2 Å². The Bertz CT molecular complexity index is 942. The van der Waals surface area contributed by atoms with Crippen molar-refractivity contribution in [3.8, 4) is 6.07 Å². The van der Waals surface area contributed by atoms with Gasteiger partial charge in [-0.15, -0.1) is 0 Å². The normalized spacial score (nSPS) is 15.6. The van der Waals surface area contributed by atoms with Crippen molar-refractivity contribution in [3.05, 3.63) is 52.3 Å². The van der Waals surface area contributed by atoms with Crippen LogP contribution < -0.4 is 10.5 Å². The molecule has 0 amide bonds. The molecule has 1 aromatic heterocycles. The molecule has 0 aliphatic carbocycles. The number of hydrogen-bond acceptors (Lipinski definition) is 4. The third kappa shape index (κ3) is 2.96. The first-order valence-corrected chi connectivity index (χ1v) is 8.51. The summed E-state index contributed by atoms with van der Waals surface area (Å²) in [6, 6.07) is 9.74. The molecule has 0 unspecified atom stereocenters. The first-order valence-electron chi connectivity index (χ1n) is 8.51. The van der Waals surface area contributed by atoms with E-state index >= 15 is 0 Å². The number of nitriles is 1. The zero-order valence-corrected chi connectivity index (χ0v) is 14.5. The van der Waals surface area contributed by atoms with Gasteiger partial charge in [0.25, 0.3) is 5.56 Å². The molecule has 1 fully saturated rings. The molecule has 0 N–H and O–H groups in total. The van der Waals surface area contributed by atoms with Crippen LogP contribution in [-0.4, -0.2) is 23.4 Å². The molecule has 5 heteroatoms. The molecule has 1 saturated heterocycles. The highest BCUT2D eigenvalue weighted by Crippen LogP contribution is 2.31. The van der Waals surface area contributed by atoms with Gasteiger partial charge < -0.3 is 9.47 Å². The van der Waals surface area contributed by atoms with Gasteiger partial charge in [-0.2, -0.15) is 5.26 Å². The van der Waals surface area contributed by atoms with Gasteiger partial charge in [-0.05, 0) is 31.9 Å². The quantitative estimate of drug-likeness (QED) is 0.809. The number of piperidine rings is 1. The summed E-state index contributed by atoms with van der Waals surface area (Å²) in [5.41, 5.74) is 1.43. The number of nitrogens with zero attached hydrogens (tertiary/aromatic N) is 3. The molecule has 2 aromatic rings. The predicted molar refractivity (Wildman–Crippen MR) is 98.7 cm³/mol. The smallest absolute Gasteiger partial charge is 0.270 e. The van der Waals surface area contributed by atoms with Crippen molar-refractivity contribution in [2.24, 2.45) is 13.0 Å². The zero-order chi connectivity index (χ0) is 18.0. The number of anilines is 1. The molecular formula is C20H21N3O2. The number of carbonyl (C=O) groups is 1. The number of rotatable bonds is 3. The van der Waals surface area contributed by atoms with Crippen molar-refractivity contribution >= 4 is 22.4 Å². The zero-order valence-electron chi connectivity index (χ0n) is 14.5. The minimum Gasteiger partial charge on any atom is -0.370 e. The van der Waals surface area contributed by atoms with Crippen LogP contribution in [0.15, 0.2) is 41.2 Å². The van der Waals surface area contributed by atoms with E-state index in [9.17, 15) is 14.9 Å². The van der Waals surface area contributed by atoms with Crippen LogP contribution in [0.4, 0.5) is 5.69 Å². The lowest BCUT2D eigenvalue weighted by molar-refractivity contribution is -0.118. The first kappa shape index (κ1) is 17.0. The fourth-order valence-electron chi connectivity index (χ4n) is 3.60. The number of aromatic nitrogens is 1. The number of aryl methyl sites for hydroxylation is 1. The van der Waals surface area contributed by atoms with E-state index in [4.69, 9.17) is 0 Å². The van der Waals surface area contributed by atoms with Gasteiger partial charge in [0.15, 0.2) is 5.78 Å². The average molecular weight is 335 g/mol. The van der Waals surface area contributed by atoms with Crippen molar-refractivity contribution < 1.29 is 4.79 Å². The SMILES string of the molecule is C/C=C/C(=O)C1CCN(c2c(C#N)c(=O)n(C)c3ccccc23)CC1. The molecule has 0 spiro atoms. The van der Waals surface area contributed by atoms with Gasteiger partial charge in [0.2, 0.25) is 0 Å². The maximum absolute atomic E-state index is 12.6. The summed E-state index contributed by atoms with van der Waals surface area (Å²) in [5.74, 6) is 0.187. The number of para-hydroxylation sites is 1. The number of pyridine rings is 1. The minimum absolute atomic E-state index is 0.0239. The number of allylic oxidation sites excluding steroid dienone is 2. The predicted octanol–water partition coefficient (Wildman–Crippen LogP) is 2.77. The van der Waals surface area contributed by atoms with Crippen molar-refractivity contribution in [1.82, 2.24) is 4.57 Å². The van der Waals surface area contributed by atoms with Crippen LogP contribution in [-0.2, 0) is 11.8 Å². The molecule has 1 aliphatic rings. The average Bonchev–Trinajstić information content (AvgIpc) is 2.65. The van der Waals surface area contributed by atoms with Gasteiger partial charge in [0.05, 0.1) is 11.2 Å². The second-order valence-electron chi connectivity index (χ2n) is 6.38. The lowest BCUT2D eigenvalue weighted by Gasteiger charge is -2.34. The Hall–Kier alpha value is -2.87. The van der Waals surface area contributed by atoms with Crippen LogP contribution in [0.25, 0.3) is 10.9 Å². The maximum atomic E-state index is 12.6. The summed E-state index contributed by atoms with van der Waals surface area (Å²) in [6.07, 6.45) is 4.88. The van der Waals surface area contributed by atoms with Gasteiger partial charge in [0.1, 0.15) is 11.6 Å². The van der Waals surface area contributed by atoms with E-state index in [-0.39, 0.29) is 22.8 Å². The Morgan fingerprint density at radius 2 is 1.96 bits per heavy atom. The van der Waals surface area contributed by atoms with E-state index in [2.05, 4.69) is 11.0 Å². The number of carbonyl (C=O) groups excluding carboxylic acids is 1. The Morgan fingerprint density at radius 1 is 1.28 bits per heavy atom. The number of hydrogen-bond donors (Lipinski definition) is 0. The second kappa shape index (κ2) is 6.94. The summed E-state index contributed by atoms with van der Waals surface area (Å²) in [5, 5.41) is 10.5. The maximum Gasteiger partial charge on any atom is 0.270 e. The highest BCUT2D eigenvalue weighted by atomic mass is 16.1. The van der Waals surface area contributed by atoms with Crippen molar-refractivity contribution in [1.29, 1.82) is 5.26 Å². The highest BCUT2D eigenvalue weighted by Gasteiger charge is 2.27. The fourth-order valence-corrected chi connectivity index (χ4v) is 3.60. The monoisotopic (exact) mass is 335 g/mol. The van der Waals surface area contributed by atoms with Crippen molar-refractivity contribution in [2.45, 2.75) is 19.8 Å². The molecule has 3 rings (SSSR count). The van der Waals surface area contributed by atoms with E-state index in [0.717, 1.165) is 23.7 Å². The third-order valence-corrected chi connectivity index (χ3v) is 4.93. The molecule has 1 aliphatic heterocycles. The Labute approximate surface area is 146 Å². The third-order valence-electron chi connectivity index (χ3n) is 4.93. The lowest BCUT2D eigenvalue weighted by atomic mass is 9.91. The van der Waals surface area contributed by atoms with Crippen LogP contribution >= 0.6 is 0 Å². The van der Waals surface area contributed by atoms with Crippen LogP contribution in [0.5, 0.6) is 0 Å². The Kier molecular flexibility index (Phi) is 4.71. The summed E-state index contributed by atoms with van der Waals surface area (Å²) in [7, 11) is 1.69. The van der Waals surface area contributed by atoms with Crippen LogP contribution in [0, 0.1) is 17.2 Å². The van der Waals surface area contributed by atoms with Gasteiger partial charge in [-0.25, -0.2) is 0 Å².